The highest BCUT2D eigenvalue weighted by molar-refractivity contribution is 7.90. The maximum Gasteiger partial charge on any atom is 0.328 e. The monoisotopic (exact) mass is 611 g/mol. The van der Waals surface area contributed by atoms with E-state index in [1.807, 2.05) is 6.07 Å². The van der Waals surface area contributed by atoms with Crippen molar-refractivity contribution in [3.05, 3.63) is 24.3 Å². The third kappa shape index (κ3) is 5.74. The summed E-state index contributed by atoms with van der Waals surface area (Å²) in [7, 11) is -3.94. The molecule has 2 unspecified atom stereocenters. The molecule has 5 aliphatic rings. The van der Waals surface area contributed by atoms with Crippen LogP contribution < -0.4 is 14.9 Å². The van der Waals surface area contributed by atoms with Crippen LogP contribution in [0.25, 0.3) is 0 Å². The molecule has 1 aromatic carbocycles. The van der Waals surface area contributed by atoms with Gasteiger partial charge in [0.15, 0.2) is 0 Å². The van der Waals surface area contributed by atoms with E-state index in [9.17, 15) is 13.2 Å². The van der Waals surface area contributed by atoms with E-state index in [0.717, 1.165) is 61.2 Å². The lowest BCUT2D eigenvalue weighted by Crippen LogP contribution is -2.55. The van der Waals surface area contributed by atoms with Gasteiger partial charge in [0.25, 0.3) is 10.0 Å². The topological polar surface area (TPSA) is 78.5 Å². The number of piperidine rings is 1. The molecular formula is C36H57N3O3S. The number of urea groups is 1. The third-order valence-electron chi connectivity index (χ3n) is 13.7. The van der Waals surface area contributed by atoms with Gasteiger partial charge in [-0.2, -0.15) is 0 Å². The van der Waals surface area contributed by atoms with E-state index in [-0.39, 0.29) is 4.90 Å². The second-order valence-corrected chi connectivity index (χ2v) is 17.4. The number of hydrogen-bond acceptors (Lipinski definition) is 4. The van der Waals surface area contributed by atoms with Gasteiger partial charge in [-0.3, -0.25) is 0 Å². The number of anilines is 1. The minimum atomic E-state index is -3.94. The summed E-state index contributed by atoms with van der Waals surface area (Å²) in [5, 5.41) is 2.95. The predicted octanol–water partition coefficient (Wildman–Crippen LogP) is 7.99. The largest absolute Gasteiger partial charge is 0.372 e. The first-order chi connectivity index (χ1) is 20.6. The fourth-order valence-electron chi connectivity index (χ4n) is 11.6. The van der Waals surface area contributed by atoms with Crippen molar-refractivity contribution in [2.45, 2.75) is 116 Å². The summed E-state index contributed by atoms with van der Waals surface area (Å²) in [4.78, 5) is 15.3. The molecule has 1 aromatic rings. The van der Waals surface area contributed by atoms with Crippen molar-refractivity contribution < 1.29 is 13.2 Å². The van der Waals surface area contributed by atoms with Crippen LogP contribution in [0.5, 0.6) is 0 Å². The van der Waals surface area contributed by atoms with Gasteiger partial charge in [-0.25, -0.2) is 17.9 Å². The zero-order valence-corrected chi connectivity index (χ0v) is 28.1. The van der Waals surface area contributed by atoms with Crippen LogP contribution >= 0.6 is 0 Å². The van der Waals surface area contributed by atoms with Gasteiger partial charge in [-0.1, -0.05) is 53.0 Å². The summed E-state index contributed by atoms with van der Waals surface area (Å²) in [6.07, 6.45) is 17.2. The van der Waals surface area contributed by atoms with Crippen molar-refractivity contribution >= 4 is 21.7 Å². The molecule has 2 amide bonds. The van der Waals surface area contributed by atoms with Gasteiger partial charge in [0, 0.05) is 25.3 Å². The van der Waals surface area contributed by atoms with Gasteiger partial charge in [0.2, 0.25) is 0 Å². The summed E-state index contributed by atoms with van der Waals surface area (Å²) in [6, 6.07) is 6.38. The minimum absolute atomic E-state index is 0.147. The van der Waals surface area contributed by atoms with Crippen LogP contribution in [-0.4, -0.2) is 34.1 Å². The molecule has 43 heavy (non-hydrogen) atoms. The van der Waals surface area contributed by atoms with Gasteiger partial charge in [-0.05, 0) is 135 Å². The number of carbonyl (C=O) groups is 1. The SMILES string of the molecule is CC[C@H]1C[C@H]2C3CCC([C@H](C)CNC(=O)NS(=O)(=O)c4cccc(N5CCCCC5)c4)[C@@]3(C)CC[C@@H]2[C@@]2(C)CCCC[C@@H]12. The Bertz CT molecular complexity index is 1260. The Morgan fingerprint density at radius 3 is 2.49 bits per heavy atom. The van der Waals surface area contributed by atoms with Crippen molar-refractivity contribution in [1.29, 1.82) is 0 Å². The molecule has 7 heteroatoms. The Morgan fingerprint density at radius 1 is 0.953 bits per heavy atom. The summed E-state index contributed by atoms with van der Waals surface area (Å²) in [5.74, 6) is 5.21. The first-order valence-electron chi connectivity index (χ1n) is 17.7. The molecule has 0 bridgehead atoms. The number of sulfonamides is 1. The number of carbonyl (C=O) groups excluding carboxylic acids is 1. The van der Waals surface area contributed by atoms with Crippen LogP contribution in [0.1, 0.15) is 111 Å². The smallest absolute Gasteiger partial charge is 0.328 e. The molecule has 1 saturated heterocycles. The van der Waals surface area contributed by atoms with E-state index < -0.39 is 16.1 Å². The Balaban J connectivity index is 1.08. The molecule has 0 aromatic heterocycles. The summed E-state index contributed by atoms with van der Waals surface area (Å²) >= 11 is 0. The first kappa shape index (κ1) is 31.2. The molecular weight excluding hydrogens is 554 g/mol. The van der Waals surface area contributed by atoms with Crippen molar-refractivity contribution in [2.24, 2.45) is 52.3 Å². The van der Waals surface area contributed by atoms with E-state index in [2.05, 4.69) is 42.6 Å². The number of hydrogen-bond donors (Lipinski definition) is 2. The molecule has 0 spiro atoms. The number of nitrogens with zero attached hydrogens (tertiary/aromatic N) is 1. The number of nitrogens with one attached hydrogen (secondary N) is 2. The Hall–Kier alpha value is -1.76. The quantitative estimate of drug-likeness (QED) is 0.328. The van der Waals surface area contributed by atoms with Crippen LogP contribution in [0.15, 0.2) is 29.2 Å². The first-order valence-corrected chi connectivity index (χ1v) is 19.2. The zero-order valence-electron chi connectivity index (χ0n) is 27.2. The molecule has 4 aliphatic carbocycles. The van der Waals surface area contributed by atoms with Gasteiger partial charge < -0.3 is 10.2 Å². The highest BCUT2D eigenvalue weighted by atomic mass is 32.2. The van der Waals surface area contributed by atoms with E-state index in [0.29, 0.717) is 29.2 Å². The molecule has 6 nitrogen and oxygen atoms in total. The van der Waals surface area contributed by atoms with Crippen molar-refractivity contribution in [2.75, 3.05) is 24.5 Å². The van der Waals surface area contributed by atoms with Gasteiger partial charge >= 0.3 is 6.03 Å². The van der Waals surface area contributed by atoms with E-state index >= 15 is 0 Å². The van der Waals surface area contributed by atoms with Gasteiger partial charge in [0.05, 0.1) is 4.90 Å². The number of amides is 2. The number of fused-ring (bicyclic) bond motifs is 5. The lowest BCUT2D eigenvalue weighted by molar-refractivity contribution is -0.137. The van der Waals surface area contributed by atoms with Crippen LogP contribution in [0.4, 0.5) is 10.5 Å². The molecule has 0 radical (unpaired) electrons. The van der Waals surface area contributed by atoms with Crippen molar-refractivity contribution in [3.8, 4) is 0 Å². The average molecular weight is 612 g/mol. The second-order valence-electron chi connectivity index (χ2n) is 15.7. The van der Waals surface area contributed by atoms with Gasteiger partial charge in [0.1, 0.15) is 0 Å². The molecule has 1 heterocycles. The lowest BCUT2D eigenvalue weighted by Gasteiger charge is -2.63. The molecule has 2 N–H and O–H groups in total. The molecule has 1 aliphatic heterocycles. The molecule has 5 fully saturated rings. The highest BCUT2D eigenvalue weighted by Gasteiger charge is 2.61. The zero-order chi connectivity index (χ0) is 30.4. The van der Waals surface area contributed by atoms with Gasteiger partial charge in [-0.15, -0.1) is 0 Å². The van der Waals surface area contributed by atoms with Crippen molar-refractivity contribution in [1.82, 2.24) is 10.0 Å². The molecule has 9 atom stereocenters. The van der Waals surface area contributed by atoms with Crippen LogP contribution in [0.2, 0.25) is 0 Å². The van der Waals surface area contributed by atoms with E-state index in [1.165, 1.54) is 70.6 Å². The maximum atomic E-state index is 13.1. The van der Waals surface area contributed by atoms with Crippen LogP contribution in [0, 0.1) is 52.3 Å². The lowest BCUT2D eigenvalue weighted by atomic mass is 9.42. The van der Waals surface area contributed by atoms with Crippen molar-refractivity contribution in [3.63, 3.8) is 0 Å². The molecule has 6 rings (SSSR count). The van der Waals surface area contributed by atoms with Crippen LogP contribution in [0.3, 0.4) is 0 Å². The maximum absolute atomic E-state index is 13.1. The average Bonchev–Trinajstić information content (AvgIpc) is 3.37. The second kappa shape index (κ2) is 12.2. The third-order valence-corrected chi connectivity index (χ3v) is 15.0. The summed E-state index contributed by atoms with van der Waals surface area (Å²) < 4.78 is 28.6. The fraction of sp³-hybridized carbons (Fsp3) is 0.806. The van der Waals surface area contributed by atoms with E-state index in [1.54, 1.807) is 18.2 Å². The van der Waals surface area contributed by atoms with E-state index in [4.69, 9.17) is 0 Å². The fourth-order valence-corrected chi connectivity index (χ4v) is 12.6. The summed E-state index contributed by atoms with van der Waals surface area (Å²) in [5.41, 5.74) is 1.76. The highest BCUT2D eigenvalue weighted by Crippen LogP contribution is 2.69. The molecule has 4 saturated carbocycles. The Morgan fingerprint density at radius 2 is 1.72 bits per heavy atom. The Kier molecular flexibility index (Phi) is 8.87. The molecule has 240 valence electrons. The number of benzene rings is 1. The van der Waals surface area contributed by atoms with Crippen LogP contribution in [-0.2, 0) is 10.0 Å². The predicted molar refractivity (Wildman–Crippen MR) is 174 cm³/mol. The minimum Gasteiger partial charge on any atom is -0.372 e. The standard InChI is InChI=1S/C36H57N3O3S/c1-5-26-22-29-32-16-15-30(36(32,4)19-17-33(29)35(3)18-8-7-14-31(26)35)25(2)24-37-34(40)38-43(41,42)28-13-11-12-27(23-28)39-20-9-6-10-21-39/h11-13,23,25-26,29-33H,5-10,14-22,24H2,1-4H3,(H2,37,38,40)/t25-,26+,29+,30?,31+,32?,33+,35+,36-/m1/s1. The number of rotatable bonds is 7. The Labute approximate surface area is 261 Å². The normalized spacial score (nSPS) is 38.4. The summed E-state index contributed by atoms with van der Waals surface area (Å²) in [6.45, 7) is 12.3.